The van der Waals surface area contributed by atoms with Crippen molar-refractivity contribution in [3.8, 4) is 0 Å². The average Bonchev–Trinajstić information content (AvgIpc) is 2.90. The number of fused-ring (bicyclic) bond motifs is 1. The van der Waals surface area contributed by atoms with E-state index in [0.717, 1.165) is 16.5 Å². The molecule has 2 aliphatic rings. The molecule has 7 heteroatoms. The second kappa shape index (κ2) is 6.60. The van der Waals surface area contributed by atoms with E-state index in [0.29, 0.717) is 35.5 Å². The molecule has 0 saturated carbocycles. The normalized spacial score (nSPS) is 21.2. The van der Waals surface area contributed by atoms with Crippen LogP contribution in [0.2, 0.25) is 0 Å². The summed E-state index contributed by atoms with van der Waals surface area (Å²) in [5.74, 6) is -0.0622. The molecule has 3 heterocycles. The molecule has 2 aromatic rings. The molecule has 0 aliphatic carbocycles. The number of hydrogen-bond donors (Lipinski definition) is 0. The molecule has 2 aliphatic heterocycles. The van der Waals surface area contributed by atoms with Crippen LogP contribution in [0.5, 0.6) is 0 Å². The van der Waals surface area contributed by atoms with Crippen molar-refractivity contribution in [1.29, 1.82) is 0 Å². The van der Waals surface area contributed by atoms with Crippen molar-refractivity contribution < 1.29 is 9.53 Å². The van der Waals surface area contributed by atoms with E-state index in [9.17, 15) is 4.79 Å². The second-order valence-electron chi connectivity index (χ2n) is 5.48. The monoisotopic (exact) mass is 357 g/mol. The van der Waals surface area contributed by atoms with Crippen LogP contribution in [-0.2, 0) is 9.53 Å². The summed E-state index contributed by atoms with van der Waals surface area (Å²) in [5.41, 5.74) is 1.89. The van der Waals surface area contributed by atoms with Gasteiger partial charge in [0.2, 0.25) is 0 Å². The first-order valence-corrected chi connectivity index (χ1v) is 8.91. The molecular weight excluding hydrogens is 342 g/mol. The highest BCUT2D eigenvalue weighted by Gasteiger charge is 2.36. The van der Waals surface area contributed by atoms with E-state index in [1.807, 2.05) is 41.4 Å². The summed E-state index contributed by atoms with van der Waals surface area (Å²) >= 11 is 6.76. The summed E-state index contributed by atoms with van der Waals surface area (Å²) in [6.07, 6.45) is 3.67. The van der Waals surface area contributed by atoms with E-state index in [1.165, 1.54) is 11.8 Å². The molecule has 24 heavy (non-hydrogen) atoms. The number of para-hydroxylation sites is 1. The Balaban J connectivity index is 1.67. The minimum atomic E-state index is -0.0622. The summed E-state index contributed by atoms with van der Waals surface area (Å²) in [6, 6.07) is 9.82. The number of ether oxygens (including phenoxy) is 1. The Bertz CT molecular complexity index is 841. The Hall–Kier alpha value is -1.80. The van der Waals surface area contributed by atoms with E-state index in [2.05, 4.69) is 4.98 Å². The van der Waals surface area contributed by atoms with Gasteiger partial charge in [-0.05, 0) is 23.8 Å². The van der Waals surface area contributed by atoms with E-state index in [4.69, 9.17) is 17.0 Å². The topological polar surface area (TPSA) is 45.7 Å². The van der Waals surface area contributed by atoms with E-state index in [-0.39, 0.29) is 5.91 Å². The number of carbonyl (C=O) groups excluding carboxylic acids is 1. The van der Waals surface area contributed by atoms with Crippen LogP contribution < -0.4 is 0 Å². The summed E-state index contributed by atoms with van der Waals surface area (Å²) in [4.78, 5) is 17.8. The maximum atomic E-state index is 12.8. The number of benzene rings is 1. The molecule has 0 atom stereocenters. The lowest BCUT2D eigenvalue weighted by molar-refractivity contribution is -0.138. The average molecular weight is 357 g/mol. The molecular formula is C17H15N3O2S2. The fraction of sp³-hybridized carbons (Fsp3) is 0.235. The molecule has 0 unspecified atom stereocenters. The maximum absolute atomic E-state index is 12.8. The molecule has 0 spiro atoms. The first kappa shape index (κ1) is 15.7. The molecule has 2 saturated heterocycles. The van der Waals surface area contributed by atoms with Crippen molar-refractivity contribution in [2.45, 2.75) is 0 Å². The highest BCUT2D eigenvalue weighted by atomic mass is 32.2. The van der Waals surface area contributed by atoms with Crippen LogP contribution in [0.3, 0.4) is 0 Å². The predicted octanol–water partition coefficient (Wildman–Crippen LogP) is 2.68. The summed E-state index contributed by atoms with van der Waals surface area (Å²) in [7, 11) is 0. The first-order valence-electron chi connectivity index (χ1n) is 7.68. The van der Waals surface area contributed by atoms with Gasteiger partial charge in [0.25, 0.3) is 5.91 Å². The van der Waals surface area contributed by atoms with Crippen molar-refractivity contribution in [3.63, 3.8) is 0 Å². The van der Waals surface area contributed by atoms with E-state index < -0.39 is 0 Å². The van der Waals surface area contributed by atoms with Crippen molar-refractivity contribution in [2.24, 2.45) is 0 Å². The number of carbonyl (C=O) groups is 1. The number of thioether (sulfide) groups is 1. The number of pyridine rings is 1. The standard InChI is InChI=1S/C17H15N3O2S2/c21-16-15(24-17(23)20(16)19-7-9-22-10-8-19)11-12-5-6-18-14-4-2-1-3-13(12)14/h1-6,11H,7-10H2. The SMILES string of the molecule is O=C1C(=Cc2ccnc3ccccc23)SC(=S)N1N1CCOCC1. The zero-order chi connectivity index (χ0) is 16.5. The van der Waals surface area contributed by atoms with Gasteiger partial charge in [-0.15, -0.1) is 0 Å². The van der Waals surface area contributed by atoms with Gasteiger partial charge in [-0.25, -0.2) is 10.0 Å². The van der Waals surface area contributed by atoms with Gasteiger partial charge in [0.15, 0.2) is 4.32 Å². The molecule has 1 amide bonds. The fourth-order valence-corrected chi connectivity index (χ4v) is 4.14. The molecule has 122 valence electrons. The number of hydrogen-bond acceptors (Lipinski definition) is 6. The fourth-order valence-electron chi connectivity index (χ4n) is 2.84. The Morgan fingerprint density at radius 3 is 2.83 bits per heavy atom. The molecule has 1 aromatic carbocycles. The summed E-state index contributed by atoms with van der Waals surface area (Å²) in [6.45, 7) is 2.59. The van der Waals surface area contributed by atoms with Crippen molar-refractivity contribution >= 4 is 51.2 Å². The molecule has 0 bridgehead atoms. The van der Waals surface area contributed by atoms with Crippen LogP contribution in [0.1, 0.15) is 5.56 Å². The highest BCUT2D eigenvalue weighted by Crippen LogP contribution is 2.34. The lowest BCUT2D eigenvalue weighted by Crippen LogP contribution is -2.50. The molecule has 0 N–H and O–H groups in total. The van der Waals surface area contributed by atoms with Crippen LogP contribution in [0.15, 0.2) is 41.4 Å². The Morgan fingerprint density at radius 1 is 1.21 bits per heavy atom. The van der Waals surface area contributed by atoms with Gasteiger partial charge in [0.05, 0.1) is 23.6 Å². The smallest absolute Gasteiger partial charge is 0.280 e. The van der Waals surface area contributed by atoms with Crippen LogP contribution in [-0.4, -0.2) is 51.5 Å². The molecule has 1 aromatic heterocycles. The molecule has 0 radical (unpaired) electrons. The molecule has 2 fully saturated rings. The first-order chi connectivity index (χ1) is 11.7. The number of hydrazine groups is 1. The lowest BCUT2D eigenvalue weighted by atomic mass is 10.1. The summed E-state index contributed by atoms with van der Waals surface area (Å²) in [5, 5.41) is 4.60. The van der Waals surface area contributed by atoms with E-state index >= 15 is 0 Å². The summed E-state index contributed by atoms with van der Waals surface area (Å²) < 4.78 is 5.92. The van der Waals surface area contributed by atoms with Gasteiger partial charge in [-0.1, -0.05) is 42.2 Å². The third kappa shape index (κ3) is 2.84. The number of nitrogens with zero attached hydrogens (tertiary/aromatic N) is 3. The van der Waals surface area contributed by atoms with Gasteiger partial charge in [0, 0.05) is 24.7 Å². The van der Waals surface area contributed by atoms with Crippen molar-refractivity contribution in [1.82, 2.24) is 15.0 Å². The van der Waals surface area contributed by atoms with Crippen LogP contribution >= 0.6 is 24.0 Å². The number of aromatic nitrogens is 1. The number of morpholine rings is 1. The van der Waals surface area contributed by atoms with Gasteiger partial charge in [-0.3, -0.25) is 9.78 Å². The predicted molar refractivity (Wildman–Crippen MR) is 99.1 cm³/mol. The number of thiocarbonyl (C=S) groups is 1. The van der Waals surface area contributed by atoms with Gasteiger partial charge >= 0.3 is 0 Å². The minimum absolute atomic E-state index is 0.0622. The van der Waals surface area contributed by atoms with Crippen molar-refractivity contribution in [3.05, 3.63) is 47.0 Å². The highest BCUT2D eigenvalue weighted by molar-refractivity contribution is 8.26. The Morgan fingerprint density at radius 2 is 2.00 bits per heavy atom. The third-order valence-corrected chi connectivity index (χ3v) is 5.30. The van der Waals surface area contributed by atoms with Crippen LogP contribution in [0.4, 0.5) is 0 Å². The zero-order valence-electron chi connectivity index (χ0n) is 12.8. The van der Waals surface area contributed by atoms with E-state index in [1.54, 1.807) is 11.2 Å². The molecule has 4 rings (SSSR count). The van der Waals surface area contributed by atoms with Crippen LogP contribution in [0, 0.1) is 0 Å². The van der Waals surface area contributed by atoms with Crippen molar-refractivity contribution in [2.75, 3.05) is 26.3 Å². The Kier molecular flexibility index (Phi) is 4.32. The van der Waals surface area contributed by atoms with Crippen LogP contribution in [0.25, 0.3) is 17.0 Å². The quantitative estimate of drug-likeness (QED) is 0.608. The minimum Gasteiger partial charge on any atom is -0.379 e. The number of rotatable bonds is 2. The van der Waals surface area contributed by atoms with Gasteiger partial charge < -0.3 is 4.74 Å². The maximum Gasteiger partial charge on any atom is 0.280 e. The lowest BCUT2D eigenvalue weighted by Gasteiger charge is -2.33. The largest absolute Gasteiger partial charge is 0.379 e. The molecule has 5 nitrogen and oxygen atoms in total. The second-order valence-corrected chi connectivity index (χ2v) is 7.15. The zero-order valence-corrected chi connectivity index (χ0v) is 14.5. The Labute approximate surface area is 149 Å². The third-order valence-electron chi connectivity index (χ3n) is 4.01. The number of amides is 1. The van der Waals surface area contributed by atoms with Gasteiger partial charge in [0.1, 0.15) is 0 Å². The van der Waals surface area contributed by atoms with Gasteiger partial charge in [-0.2, -0.15) is 0 Å².